The average molecular weight is 320 g/mol. The molecule has 6 heteroatoms. The van der Waals surface area contributed by atoms with Crippen LogP contribution in [0.4, 0.5) is 5.69 Å². The van der Waals surface area contributed by atoms with Gasteiger partial charge in [0.1, 0.15) is 18.0 Å². The number of morpholine rings is 1. The predicted octanol–water partition coefficient (Wildman–Crippen LogP) is 1.30. The van der Waals surface area contributed by atoms with Gasteiger partial charge in [-0.3, -0.25) is 4.79 Å². The van der Waals surface area contributed by atoms with Gasteiger partial charge in [-0.15, -0.1) is 0 Å². The maximum absolute atomic E-state index is 12.1. The number of nitrogens with one attached hydrogen (secondary N) is 2. The third-order valence-corrected chi connectivity index (χ3v) is 4.30. The van der Waals surface area contributed by atoms with Crippen LogP contribution < -0.4 is 15.4 Å². The lowest BCUT2D eigenvalue weighted by atomic mass is 9.95. The Labute approximate surface area is 136 Å². The minimum absolute atomic E-state index is 0.133. The highest BCUT2D eigenvalue weighted by molar-refractivity contribution is 5.94. The van der Waals surface area contributed by atoms with Gasteiger partial charge in [0.15, 0.2) is 0 Å². The number of hydrogen-bond acceptors (Lipinski definition) is 5. The van der Waals surface area contributed by atoms with E-state index >= 15 is 0 Å². The van der Waals surface area contributed by atoms with Crippen LogP contribution in [0.15, 0.2) is 24.3 Å². The lowest BCUT2D eigenvalue weighted by molar-refractivity contribution is -0.128. The summed E-state index contributed by atoms with van der Waals surface area (Å²) < 4.78 is 11.3. The standard InChI is InChI=1S/C17H24N2O4/c20-14-3-1-2-4-15(14)23-13-7-5-12(6-8-13)19-17(21)16-11-18-9-10-22-16/h5-8,14-16,18,20H,1-4,9-11H2,(H,19,21)/t14?,15?,16-/m0/s1. The highest BCUT2D eigenvalue weighted by Crippen LogP contribution is 2.25. The number of benzene rings is 1. The Hall–Kier alpha value is -1.63. The van der Waals surface area contributed by atoms with Gasteiger partial charge < -0.3 is 25.2 Å². The highest BCUT2D eigenvalue weighted by Gasteiger charge is 2.25. The second kappa shape index (κ2) is 7.77. The maximum Gasteiger partial charge on any atom is 0.254 e. The van der Waals surface area contributed by atoms with Crippen molar-refractivity contribution in [3.63, 3.8) is 0 Å². The molecule has 3 atom stereocenters. The first kappa shape index (κ1) is 16.2. The molecule has 1 saturated heterocycles. The second-order valence-electron chi connectivity index (χ2n) is 6.09. The van der Waals surface area contributed by atoms with Gasteiger partial charge in [0, 0.05) is 18.8 Å². The number of amides is 1. The molecule has 1 aliphatic heterocycles. The van der Waals surface area contributed by atoms with Crippen molar-refractivity contribution in [3.8, 4) is 5.75 Å². The van der Waals surface area contributed by atoms with Crippen LogP contribution in [0.3, 0.4) is 0 Å². The molecule has 1 heterocycles. The van der Waals surface area contributed by atoms with Crippen molar-refractivity contribution in [2.75, 3.05) is 25.0 Å². The summed E-state index contributed by atoms with van der Waals surface area (Å²) in [6, 6.07) is 7.24. The SMILES string of the molecule is O=C(Nc1ccc(OC2CCCCC2O)cc1)[C@@H]1CNCCO1. The fraction of sp³-hybridized carbons (Fsp3) is 0.588. The fourth-order valence-corrected chi connectivity index (χ4v) is 2.96. The van der Waals surface area contributed by atoms with E-state index in [1.165, 1.54) is 0 Å². The van der Waals surface area contributed by atoms with Crippen molar-refractivity contribution in [2.24, 2.45) is 0 Å². The van der Waals surface area contributed by atoms with Crippen LogP contribution in [-0.4, -0.2) is 49.0 Å². The van der Waals surface area contributed by atoms with E-state index in [4.69, 9.17) is 9.47 Å². The molecule has 1 saturated carbocycles. The zero-order valence-corrected chi connectivity index (χ0v) is 13.2. The highest BCUT2D eigenvalue weighted by atomic mass is 16.5. The van der Waals surface area contributed by atoms with Gasteiger partial charge in [-0.25, -0.2) is 0 Å². The van der Waals surface area contributed by atoms with Crippen molar-refractivity contribution < 1.29 is 19.4 Å². The van der Waals surface area contributed by atoms with Gasteiger partial charge in [0.25, 0.3) is 5.91 Å². The smallest absolute Gasteiger partial charge is 0.254 e. The lowest BCUT2D eigenvalue weighted by Gasteiger charge is -2.28. The van der Waals surface area contributed by atoms with Crippen LogP contribution in [0.5, 0.6) is 5.75 Å². The number of carbonyl (C=O) groups excluding carboxylic acids is 1. The Kier molecular flexibility index (Phi) is 5.48. The molecule has 23 heavy (non-hydrogen) atoms. The molecule has 2 aliphatic rings. The van der Waals surface area contributed by atoms with Crippen molar-refractivity contribution in [2.45, 2.75) is 44.0 Å². The minimum Gasteiger partial charge on any atom is -0.488 e. The molecule has 3 rings (SSSR count). The van der Waals surface area contributed by atoms with Gasteiger partial charge in [-0.2, -0.15) is 0 Å². The molecule has 2 fully saturated rings. The van der Waals surface area contributed by atoms with E-state index < -0.39 is 6.10 Å². The summed E-state index contributed by atoms with van der Waals surface area (Å²) in [5.41, 5.74) is 0.709. The monoisotopic (exact) mass is 320 g/mol. The van der Waals surface area contributed by atoms with Gasteiger partial charge in [-0.1, -0.05) is 6.42 Å². The summed E-state index contributed by atoms with van der Waals surface area (Å²) in [6.45, 7) is 1.87. The van der Waals surface area contributed by atoms with Gasteiger partial charge in [0.05, 0.1) is 12.7 Å². The molecule has 3 N–H and O–H groups in total. The molecule has 0 spiro atoms. The molecule has 0 radical (unpaired) electrons. The zero-order valence-electron chi connectivity index (χ0n) is 13.2. The number of hydrogen-bond donors (Lipinski definition) is 3. The zero-order chi connectivity index (χ0) is 16.1. The van der Waals surface area contributed by atoms with Gasteiger partial charge in [0.2, 0.25) is 0 Å². The first-order valence-electron chi connectivity index (χ1n) is 8.30. The first-order valence-corrected chi connectivity index (χ1v) is 8.30. The summed E-state index contributed by atoms with van der Waals surface area (Å²) in [5, 5.41) is 15.9. The molecular formula is C17H24N2O4. The third kappa shape index (κ3) is 4.43. The molecule has 0 aromatic heterocycles. The van der Waals surface area contributed by atoms with E-state index in [1.807, 2.05) is 12.1 Å². The van der Waals surface area contributed by atoms with Crippen molar-refractivity contribution in [3.05, 3.63) is 24.3 Å². The second-order valence-corrected chi connectivity index (χ2v) is 6.09. The molecule has 1 aromatic carbocycles. The van der Waals surface area contributed by atoms with Crippen LogP contribution in [0.2, 0.25) is 0 Å². The number of rotatable bonds is 4. The largest absolute Gasteiger partial charge is 0.488 e. The number of aliphatic hydroxyl groups is 1. The van der Waals surface area contributed by atoms with Gasteiger partial charge in [-0.05, 0) is 43.5 Å². The fourth-order valence-electron chi connectivity index (χ4n) is 2.96. The van der Waals surface area contributed by atoms with Crippen LogP contribution in [0.25, 0.3) is 0 Å². The number of ether oxygens (including phenoxy) is 2. The van der Waals surface area contributed by atoms with Crippen molar-refractivity contribution in [1.82, 2.24) is 5.32 Å². The van der Waals surface area contributed by atoms with E-state index in [1.54, 1.807) is 12.1 Å². The van der Waals surface area contributed by atoms with Gasteiger partial charge >= 0.3 is 0 Å². The summed E-state index contributed by atoms with van der Waals surface area (Å²) in [5.74, 6) is 0.568. The summed E-state index contributed by atoms with van der Waals surface area (Å²) in [4.78, 5) is 12.1. The molecule has 0 bridgehead atoms. The van der Waals surface area contributed by atoms with Crippen molar-refractivity contribution in [1.29, 1.82) is 0 Å². The number of aliphatic hydroxyl groups excluding tert-OH is 1. The molecule has 6 nitrogen and oxygen atoms in total. The van der Waals surface area contributed by atoms with E-state index in [2.05, 4.69) is 10.6 Å². The Morgan fingerprint density at radius 1 is 1.26 bits per heavy atom. The maximum atomic E-state index is 12.1. The normalized spacial score (nSPS) is 28.1. The quantitative estimate of drug-likeness (QED) is 0.779. The Morgan fingerprint density at radius 2 is 2.04 bits per heavy atom. The molecule has 2 unspecified atom stereocenters. The Morgan fingerprint density at radius 3 is 2.74 bits per heavy atom. The number of carbonyl (C=O) groups is 1. The van der Waals surface area contributed by atoms with Crippen LogP contribution >= 0.6 is 0 Å². The molecular weight excluding hydrogens is 296 g/mol. The Bertz CT molecular complexity index is 514. The minimum atomic E-state index is -0.447. The summed E-state index contributed by atoms with van der Waals surface area (Å²) in [6.07, 6.45) is 2.86. The van der Waals surface area contributed by atoms with Crippen molar-refractivity contribution >= 4 is 11.6 Å². The van der Waals surface area contributed by atoms with Crippen LogP contribution in [-0.2, 0) is 9.53 Å². The van der Waals surface area contributed by atoms with E-state index in [0.717, 1.165) is 32.2 Å². The summed E-state index contributed by atoms with van der Waals surface area (Å²) in [7, 11) is 0. The van der Waals surface area contributed by atoms with Crippen LogP contribution in [0.1, 0.15) is 25.7 Å². The summed E-state index contributed by atoms with van der Waals surface area (Å²) >= 11 is 0. The topological polar surface area (TPSA) is 79.8 Å². The predicted molar refractivity (Wildman–Crippen MR) is 86.6 cm³/mol. The molecule has 126 valence electrons. The van der Waals surface area contributed by atoms with E-state index in [-0.39, 0.29) is 18.1 Å². The van der Waals surface area contributed by atoms with E-state index in [0.29, 0.717) is 24.6 Å². The molecule has 1 aromatic rings. The average Bonchev–Trinajstić information content (AvgIpc) is 2.59. The molecule has 1 aliphatic carbocycles. The first-order chi connectivity index (χ1) is 11.2. The Balaban J connectivity index is 1.53. The molecule has 1 amide bonds. The van der Waals surface area contributed by atoms with Crippen LogP contribution in [0, 0.1) is 0 Å². The van der Waals surface area contributed by atoms with E-state index in [9.17, 15) is 9.90 Å². The third-order valence-electron chi connectivity index (χ3n) is 4.30. The lowest BCUT2D eigenvalue weighted by Crippen LogP contribution is -2.45. The number of anilines is 1.